The van der Waals surface area contributed by atoms with Crippen molar-refractivity contribution in [2.75, 3.05) is 22.7 Å². The zero-order valence-corrected chi connectivity index (χ0v) is 12.9. The number of nitrogens with one attached hydrogen (secondary N) is 1. The van der Waals surface area contributed by atoms with E-state index in [4.69, 9.17) is 11.6 Å². The Bertz CT molecular complexity index is 793. The highest BCUT2D eigenvalue weighted by atomic mass is 35.5. The average Bonchev–Trinajstić information content (AvgIpc) is 2.46. The molecule has 0 atom stereocenters. The lowest BCUT2D eigenvalue weighted by atomic mass is 10.2. The van der Waals surface area contributed by atoms with E-state index < -0.39 is 10.0 Å². The van der Waals surface area contributed by atoms with Crippen LogP contribution in [0.5, 0.6) is 0 Å². The van der Waals surface area contributed by atoms with E-state index in [0.717, 1.165) is 5.56 Å². The molecule has 0 saturated carbocycles. The molecule has 21 heavy (non-hydrogen) atoms. The summed E-state index contributed by atoms with van der Waals surface area (Å²) in [6.45, 7) is 2.72. The van der Waals surface area contributed by atoms with Crippen LogP contribution in [0.4, 0.5) is 11.5 Å². The number of hydrogen-bond donors (Lipinski definition) is 1. The smallest absolute Gasteiger partial charge is 0.265 e. The Morgan fingerprint density at radius 3 is 2.86 bits per heavy atom. The molecule has 3 rings (SSSR count). The standard InChI is InChI=1S/C14H14ClN3O2S/c1-10-8-12-14(17-9-10)16-6-7-18(12)21(19,20)13-5-3-2-4-11(13)15/h2-5,8-9H,6-7H2,1H3,(H,16,17). The van der Waals surface area contributed by atoms with Crippen molar-refractivity contribution in [1.29, 1.82) is 0 Å². The molecule has 0 fully saturated rings. The lowest BCUT2D eigenvalue weighted by Gasteiger charge is -2.30. The van der Waals surface area contributed by atoms with E-state index in [1.54, 1.807) is 24.4 Å². The van der Waals surface area contributed by atoms with Gasteiger partial charge >= 0.3 is 0 Å². The Balaban J connectivity index is 2.14. The van der Waals surface area contributed by atoms with Gasteiger partial charge in [-0.2, -0.15) is 0 Å². The van der Waals surface area contributed by atoms with Gasteiger partial charge in [-0.25, -0.2) is 13.4 Å². The fraction of sp³-hybridized carbons (Fsp3) is 0.214. The first kappa shape index (κ1) is 14.2. The second-order valence-electron chi connectivity index (χ2n) is 4.81. The monoisotopic (exact) mass is 323 g/mol. The Morgan fingerprint density at radius 2 is 2.10 bits per heavy atom. The van der Waals surface area contributed by atoms with E-state index in [2.05, 4.69) is 10.3 Å². The van der Waals surface area contributed by atoms with Crippen LogP contribution in [0.3, 0.4) is 0 Å². The number of fused-ring (bicyclic) bond motifs is 1. The quantitative estimate of drug-likeness (QED) is 0.923. The van der Waals surface area contributed by atoms with Crippen molar-refractivity contribution >= 4 is 33.1 Å². The highest BCUT2D eigenvalue weighted by Gasteiger charge is 2.31. The lowest BCUT2D eigenvalue weighted by Crippen LogP contribution is -2.39. The van der Waals surface area contributed by atoms with Crippen LogP contribution >= 0.6 is 11.6 Å². The molecule has 7 heteroatoms. The highest BCUT2D eigenvalue weighted by Crippen LogP contribution is 2.34. The molecule has 0 saturated heterocycles. The fourth-order valence-corrected chi connectivity index (χ4v) is 4.26. The number of hydrogen-bond acceptors (Lipinski definition) is 4. The summed E-state index contributed by atoms with van der Waals surface area (Å²) in [5, 5.41) is 3.33. The van der Waals surface area contributed by atoms with E-state index in [-0.39, 0.29) is 9.92 Å². The number of anilines is 2. The summed E-state index contributed by atoms with van der Waals surface area (Å²) < 4.78 is 27.1. The molecule has 0 spiro atoms. The fourth-order valence-electron chi connectivity index (χ4n) is 2.30. The van der Waals surface area contributed by atoms with E-state index in [1.165, 1.54) is 10.4 Å². The van der Waals surface area contributed by atoms with Gasteiger partial charge in [0, 0.05) is 12.7 Å². The zero-order valence-electron chi connectivity index (χ0n) is 11.4. The van der Waals surface area contributed by atoms with E-state index in [0.29, 0.717) is 24.6 Å². The van der Waals surface area contributed by atoms with Crippen LogP contribution in [0.2, 0.25) is 5.02 Å². The molecular formula is C14H14ClN3O2S. The molecule has 0 bridgehead atoms. The third-order valence-corrected chi connectivity index (χ3v) is 5.60. The normalized spacial score (nSPS) is 14.5. The largest absolute Gasteiger partial charge is 0.367 e. The molecule has 0 radical (unpaired) electrons. The van der Waals surface area contributed by atoms with Crippen LogP contribution in [0.1, 0.15) is 5.56 Å². The summed E-state index contributed by atoms with van der Waals surface area (Å²) in [6.07, 6.45) is 1.71. The number of benzene rings is 1. The molecule has 110 valence electrons. The van der Waals surface area contributed by atoms with Gasteiger partial charge in [-0.3, -0.25) is 4.31 Å². The van der Waals surface area contributed by atoms with Gasteiger partial charge < -0.3 is 5.32 Å². The summed E-state index contributed by atoms with van der Waals surface area (Å²) >= 11 is 6.05. The maximum atomic E-state index is 12.9. The van der Waals surface area contributed by atoms with Crippen molar-refractivity contribution in [2.24, 2.45) is 0 Å². The van der Waals surface area contributed by atoms with Crippen molar-refractivity contribution in [2.45, 2.75) is 11.8 Å². The molecule has 1 aliphatic rings. The van der Waals surface area contributed by atoms with E-state index in [9.17, 15) is 8.42 Å². The van der Waals surface area contributed by atoms with Crippen LogP contribution in [-0.4, -0.2) is 26.5 Å². The first-order chi connectivity index (χ1) is 10.00. The molecule has 0 amide bonds. The van der Waals surface area contributed by atoms with Gasteiger partial charge in [0.25, 0.3) is 10.0 Å². The SMILES string of the molecule is Cc1cnc2c(c1)N(S(=O)(=O)c1ccccc1Cl)CCN2. The number of nitrogens with zero attached hydrogens (tertiary/aromatic N) is 2. The number of pyridine rings is 1. The summed E-state index contributed by atoms with van der Waals surface area (Å²) in [5.41, 5.74) is 1.46. The molecule has 2 aromatic rings. The minimum atomic E-state index is -3.70. The number of aromatic nitrogens is 1. The maximum Gasteiger partial charge on any atom is 0.265 e. The Morgan fingerprint density at radius 1 is 1.33 bits per heavy atom. The second-order valence-corrected chi connectivity index (χ2v) is 7.05. The van der Waals surface area contributed by atoms with Crippen LogP contribution in [0.15, 0.2) is 41.4 Å². The molecule has 1 aromatic carbocycles. The summed E-state index contributed by atoms with van der Waals surface area (Å²) in [5.74, 6) is 0.572. The minimum absolute atomic E-state index is 0.112. The van der Waals surface area contributed by atoms with Gasteiger partial charge in [0.15, 0.2) is 5.82 Å². The Kier molecular flexibility index (Phi) is 3.51. The van der Waals surface area contributed by atoms with E-state index in [1.807, 2.05) is 13.0 Å². The van der Waals surface area contributed by atoms with Crippen molar-refractivity contribution < 1.29 is 8.42 Å². The molecule has 1 aliphatic heterocycles. The molecule has 0 aliphatic carbocycles. The lowest BCUT2D eigenvalue weighted by molar-refractivity contribution is 0.590. The summed E-state index contributed by atoms with van der Waals surface area (Å²) in [7, 11) is -3.70. The molecule has 1 N–H and O–H groups in total. The predicted molar refractivity (Wildman–Crippen MR) is 83.4 cm³/mol. The molecule has 2 heterocycles. The Hall–Kier alpha value is -1.79. The highest BCUT2D eigenvalue weighted by molar-refractivity contribution is 7.93. The van der Waals surface area contributed by atoms with Crippen molar-refractivity contribution in [3.8, 4) is 0 Å². The second kappa shape index (κ2) is 5.20. The van der Waals surface area contributed by atoms with Crippen molar-refractivity contribution in [3.63, 3.8) is 0 Å². The number of rotatable bonds is 2. The number of aryl methyl sites for hydroxylation is 1. The number of halogens is 1. The van der Waals surface area contributed by atoms with Crippen LogP contribution in [0.25, 0.3) is 0 Å². The van der Waals surface area contributed by atoms with Crippen LogP contribution in [0, 0.1) is 6.92 Å². The van der Waals surface area contributed by atoms with Gasteiger partial charge in [-0.05, 0) is 30.7 Å². The maximum absolute atomic E-state index is 12.9. The molecule has 0 unspecified atom stereocenters. The predicted octanol–water partition coefficient (Wildman–Crippen LogP) is 2.66. The third-order valence-electron chi connectivity index (χ3n) is 3.29. The Labute approximate surface area is 128 Å². The van der Waals surface area contributed by atoms with Crippen molar-refractivity contribution in [1.82, 2.24) is 4.98 Å². The molecule has 1 aromatic heterocycles. The van der Waals surface area contributed by atoms with Gasteiger partial charge in [0.2, 0.25) is 0 Å². The third kappa shape index (κ3) is 2.45. The number of sulfonamides is 1. The van der Waals surface area contributed by atoms with E-state index >= 15 is 0 Å². The molecular weight excluding hydrogens is 310 g/mol. The molecule has 5 nitrogen and oxygen atoms in total. The van der Waals surface area contributed by atoms with Gasteiger partial charge in [0.05, 0.1) is 17.3 Å². The van der Waals surface area contributed by atoms with Crippen LogP contribution < -0.4 is 9.62 Å². The first-order valence-electron chi connectivity index (χ1n) is 6.48. The summed E-state index contributed by atoms with van der Waals surface area (Å²) in [6, 6.07) is 8.27. The van der Waals surface area contributed by atoms with Gasteiger partial charge in [-0.15, -0.1) is 0 Å². The van der Waals surface area contributed by atoms with Crippen LogP contribution in [-0.2, 0) is 10.0 Å². The topological polar surface area (TPSA) is 62.3 Å². The average molecular weight is 324 g/mol. The zero-order chi connectivity index (χ0) is 15.0. The summed E-state index contributed by atoms with van der Waals surface area (Å²) in [4.78, 5) is 4.36. The van der Waals surface area contributed by atoms with Gasteiger partial charge in [-0.1, -0.05) is 23.7 Å². The van der Waals surface area contributed by atoms with Gasteiger partial charge in [0.1, 0.15) is 4.90 Å². The minimum Gasteiger partial charge on any atom is -0.367 e. The van der Waals surface area contributed by atoms with Crippen molar-refractivity contribution in [3.05, 3.63) is 47.1 Å². The first-order valence-corrected chi connectivity index (χ1v) is 8.30.